The van der Waals surface area contributed by atoms with Crippen LogP contribution in [0, 0.1) is 0 Å². The molecular weight excluding hydrogens is 498 g/mol. The molecule has 1 aromatic carbocycles. The summed E-state index contributed by atoms with van der Waals surface area (Å²) < 4.78 is 7.83. The summed E-state index contributed by atoms with van der Waals surface area (Å²) in [6.45, 7) is 2.19. The molecule has 1 aromatic heterocycles. The lowest BCUT2D eigenvalue weighted by Gasteiger charge is -2.42. The third-order valence-corrected chi connectivity index (χ3v) is 7.81. The summed E-state index contributed by atoms with van der Waals surface area (Å²) in [5.41, 5.74) is 2.42. The van der Waals surface area contributed by atoms with Gasteiger partial charge in [0, 0.05) is 57.3 Å². The van der Waals surface area contributed by atoms with Gasteiger partial charge in [-0.25, -0.2) is 4.79 Å². The van der Waals surface area contributed by atoms with Crippen LogP contribution in [-0.4, -0.2) is 86.8 Å². The number of aromatic nitrogens is 3. The Morgan fingerprint density at radius 2 is 2.00 bits per heavy atom. The number of nitrogens with zero attached hydrogens (tertiary/aromatic N) is 6. The smallest absolute Gasteiger partial charge is 0.317 e. The third-order valence-electron chi connectivity index (χ3n) is 7.46. The Morgan fingerprint density at radius 3 is 2.70 bits per heavy atom. The summed E-state index contributed by atoms with van der Waals surface area (Å²) in [5, 5.41) is 11.3. The lowest BCUT2D eigenvalue weighted by Crippen LogP contribution is -2.54. The molecule has 4 heterocycles. The van der Waals surface area contributed by atoms with Crippen molar-refractivity contribution < 1.29 is 19.1 Å². The van der Waals surface area contributed by atoms with E-state index in [0.29, 0.717) is 61.9 Å². The van der Waals surface area contributed by atoms with Gasteiger partial charge < -0.3 is 24.8 Å². The van der Waals surface area contributed by atoms with Crippen molar-refractivity contribution in [2.24, 2.45) is 7.05 Å². The molecule has 3 aliphatic rings. The molecule has 0 radical (unpaired) electrons. The maximum atomic E-state index is 14.0. The highest BCUT2D eigenvalue weighted by molar-refractivity contribution is 6.31. The van der Waals surface area contributed by atoms with Gasteiger partial charge in [0.25, 0.3) is 0 Å². The Balaban J connectivity index is 1.50. The van der Waals surface area contributed by atoms with E-state index in [-0.39, 0.29) is 24.5 Å². The molecule has 1 unspecified atom stereocenters. The van der Waals surface area contributed by atoms with Gasteiger partial charge in [-0.05, 0) is 43.4 Å². The van der Waals surface area contributed by atoms with Crippen LogP contribution >= 0.6 is 11.6 Å². The minimum Gasteiger partial charge on any atom is -0.487 e. The van der Waals surface area contributed by atoms with Crippen LogP contribution in [0.1, 0.15) is 48.5 Å². The summed E-state index contributed by atoms with van der Waals surface area (Å²) >= 11 is 6.66. The summed E-state index contributed by atoms with van der Waals surface area (Å²) in [7, 11) is 3.36. The number of halogens is 1. The van der Waals surface area contributed by atoms with Crippen LogP contribution < -0.4 is 10.1 Å². The van der Waals surface area contributed by atoms with Crippen molar-refractivity contribution in [2.75, 3.05) is 33.2 Å². The molecule has 198 valence electrons. The lowest BCUT2D eigenvalue weighted by atomic mass is 9.90. The second kappa shape index (κ2) is 10.6. The first-order valence-electron chi connectivity index (χ1n) is 12.7. The Morgan fingerprint density at radius 1 is 1.16 bits per heavy atom. The van der Waals surface area contributed by atoms with Crippen molar-refractivity contribution in [2.45, 2.75) is 50.8 Å². The van der Waals surface area contributed by atoms with Crippen molar-refractivity contribution in [3.8, 4) is 5.75 Å². The van der Waals surface area contributed by atoms with E-state index >= 15 is 0 Å². The van der Waals surface area contributed by atoms with E-state index in [9.17, 15) is 14.4 Å². The highest BCUT2D eigenvalue weighted by Crippen LogP contribution is 2.42. The van der Waals surface area contributed by atoms with Crippen LogP contribution in [0.3, 0.4) is 0 Å². The minimum atomic E-state index is -0.540. The molecule has 2 aromatic rings. The van der Waals surface area contributed by atoms with Crippen LogP contribution in [0.2, 0.25) is 5.02 Å². The number of rotatable bonds is 6. The van der Waals surface area contributed by atoms with Gasteiger partial charge >= 0.3 is 6.03 Å². The van der Waals surface area contributed by atoms with Crippen molar-refractivity contribution >= 4 is 29.4 Å². The molecule has 0 bridgehead atoms. The first kappa shape index (κ1) is 25.3. The average Bonchev–Trinajstić information content (AvgIpc) is 3.65. The van der Waals surface area contributed by atoms with Gasteiger partial charge in [0.2, 0.25) is 11.8 Å². The van der Waals surface area contributed by atoms with Crippen molar-refractivity contribution in [3.05, 3.63) is 40.2 Å². The number of fused-ring (bicyclic) bond motifs is 1. The van der Waals surface area contributed by atoms with Gasteiger partial charge in [-0.15, -0.1) is 5.10 Å². The molecule has 2 atom stereocenters. The van der Waals surface area contributed by atoms with Crippen LogP contribution in [0.5, 0.6) is 5.75 Å². The monoisotopic (exact) mass is 529 g/mol. The number of amides is 4. The fraction of sp³-hybridized carbons (Fsp3) is 0.560. The topological polar surface area (TPSA) is 113 Å². The summed E-state index contributed by atoms with van der Waals surface area (Å²) in [5.74, 6) is 0.577. The minimum absolute atomic E-state index is 0.0800. The molecule has 4 amide bonds. The molecule has 5 rings (SSSR count). The fourth-order valence-corrected chi connectivity index (χ4v) is 5.94. The lowest BCUT2D eigenvalue weighted by molar-refractivity contribution is -0.140. The first-order valence-corrected chi connectivity index (χ1v) is 13.1. The summed E-state index contributed by atoms with van der Waals surface area (Å²) in [6.07, 6.45) is 5.01. The van der Waals surface area contributed by atoms with Crippen LogP contribution in [0.25, 0.3) is 0 Å². The van der Waals surface area contributed by atoms with Gasteiger partial charge in [-0.3, -0.25) is 14.3 Å². The molecule has 0 spiro atoms. The Bertz CT molecular complexity index is 1200. The van der Waals surface area contributed by atoms with E-state index in [1.165, 1.54) is 0 Å². The number of likely N-dealkylation sites (tertiary alicyclic amines) is 2. The second-order valence-electron chi connectivity index (χ2n) is 9.76. The maximum Gasteiger partial charge on any atom is 0.317 e. The molecule has 0 saturated carbocycles. The SMILES string of the molecule is CNC(=O)N1CCCC1C(=O)N1CCc2c(Cl)ccc(OCc3cn(C)nn3)c2[C@H]1CN1CCCC1=O. The third kappa shape index (κ3) is 4.96. The Hall–Kier alpha value is -3.34. The number of carbonyl (C=O) groups is 3. The number of hydrogen-bond acceptors (Lipinski definition) is 6. The molecule has 2 saturated heterocycles. The number of ether oxygens (including phenoxy) is 1. The molecule has 37 heavy (non-hydrogen) atoms. The largest absolute Gasteiger partial charge is 0.487 e. The van der Waals surface area contributed by atoms with Crippen molar-refractivity contribution in [1.29, 1.82) is 0 Å². The molecule has 1 N–H and O–H groups in total. The highest BCUT2D eigenvalue weighted by atomic mass is 35.5. The zero-order valence-electron chi connectivity index (χ0n) is 21.2. The van der Waals surface area contributed by atoms with Gasteiger partial charge in [-0.2, -0.15) is 0 Å². The van der Waals surface area contributed by atoms with Crippen LogP contribution in [0.15, 0.2) is 18.3 Å². The average molecular weight is 530 g/mol. The van der Waals surface area contributed by atoms with E-state index in [0.717, 1.165) is 24.0 Å². The molecule has 3 aliphatic heterocycles. The normalized spacial score (nSPS) is 21.4. The summed E-state index contributed by atoms with van der Waals surface area (Å²) in [6, 6.07) is 2.39. The second-order valence-corrected chi connectivity index (χ2v) is 10.2. The number of benzene rings is 1. The quantitative estimate of drug-likeness (QED) is 0.611. The van der Waals surface area contributed by atoms with E-state index in [1.54, 1.807) is 29.9 Å². The number of nitrogens with one attached hydrogen (secondary N) is 1. The van der Waals surface area contributed by atoms with Crippen LogP contribution in [0.4, 0.5) is 4.79 Å². The molecule has 0 aliphatic carbocycles. The highest BCUT2D eigenvalue weighted by Gasteiger charge is 2.43. The van der Waals surface area contributed by atoms with Crippen molar-refractivity contribution in [3.63, 3.8) is 0 Å². The van der Waals surface area contributed by atoms with Gasteiger partial charge in [0.1, 0.15) is 24.1 Å². The Kier molecular flexibility index (Phi) is 7.23. The van der Waals surface area contributed by atoms with Crippen molar-refractivity contribution in [1.82, 2.24) is 35.0 Å². The number of hydrogen-bond donors (Lipinski definition) is 1. The standard InChI is InChI=1S/C25H32ClN7O4/c1-27-25(36)33-11-3-5-19(33)24(35)32-12-9-17-18(26)7-8-21(37-15-16-13-30(2)29-28-16)23(17)20(32)14-31-10-4-6-22(31)34/h7-8,13,19-20H,3-6,9-12,14-15H2,1-2H3,(H,27,36)/t19?,20-/m1/s1. The number of carbonyl (C=O) groups excluding carboxylic acids is 3. The first-order chi connectivity index (χ1) is 17.9. The van der Waals surface area contributed by atoms with E-state index in [1.807, 2.05) is 21.9 Å². The number of urea groups is 1. The molecule has 11 nitrogen and oxygen atoms in total. The predicted molar refractivity (Wildman–Crippen MR) is 135 cm³/mol. The molecule has 12 heteroatoms. The fourth-order valence-electron chi connectivity index (χ4n) is 5.68. The molecule has 2 fully saturated rings. The number of aryl methyl sites for hydroxylation is 1. The predicted octanol–water partition coefficient (Wildman–Crippen LogP) is 1.90. The summed E-state index contributed by atoms with van der Waals surface area (Å²) in [4.78, 5) is 44.3. The zero-order valence-corrected chi connectivity index (χ0v) is 21.9. The van der Waals surface area contributed by atoms with E-state index in [4.69, 9.17) is 16.3 Å². The van der Waals surface area contributed by atoms with Gasteiger partial charge in [0.05, 0.1) is 12.2 Å². The Labute approximate surface area is 220 Å². The molecular formula is C25H32ClN7O4. The van der Waals surface area contributed by atoms with Gasteiger partial charge in [0.15, 0.2) is 0 Å². The van der Waals surface area contributed by atoms with Crippen LogP contribution in [-0.2, 0) is 29.7 Å². The van der Waals surface area contributed by atoms with E-state index in [2.05, 4.69) is 15.6 Å². The van der Waals surface area contributed by atoms with E-state index < -0.39 is 12.1 Å². The zero-order chi connectivity index (χ0) is 26.1. The maximum absolute atomic E-state index is 14.0. The van der Waals surface area contributed by atoms with Gasteiger partial charge in [-0.1, -0.05) is 16.8 Å².